The second kappa shape index (κ2) is 10.3. The van der Waals surface area contributed by atoms with E-state index in [4.69, 9.17) is 10.5 Å². The molecule has 4 atom stereocenters. The molecule has 1 amide bonds. The highest BCUT2D eigenvalue weighted by Gasteiger charge is 2.64. The van der Waals surface area contributed by atoms with Crippen molar-refractivity contribution >= 4 is 21.4 Å². The summed E-state index contributed by atoms with van der Waals surface area (Å²) in [6, 6.07) is 13.7. The number of nitrogens with two attached hydrogens (primary N) is 1. The molecule has 5 saturated carbocycles. The van der Waals surface area contributed by atoms with Crippen molar-refractivity contribution in [1.29, 1.82) is 0 Å². The van der Waals surface area contributed by atoms with E-state index in [1.807, 2.05) is 7.11 Å². The number of piperazine rings is 1. The minimum absolute atomic E-state index is 0.0451. The smallest absolute Gasteiger partial charge is 0.250 e. The SMILES string of the molecule is COC12CC3CC(C1)CC(C(c1ccccc1C(C)C)C1CNCCN1C1CC4(C1)CN(c1ccc(C(N)=O)c5c1S5(=O)=O)C4)(C3)C2. The second-order valence-electron chi connectivity index (χ2n) is 17.1. The third-order valence-corrected chi connectivity index (χ3v) is 15.6. The van der Waals surface area contributed by atoms with Crippen LogP contribution in [0.5, 0.6) is 0 Å². The maximum atomic E-state index is 12.7. The Morgan fingerprint density at radius 3 is 2.34 bits per heavy atom. The first-order valence-electron chi connectivity index (χ1n) is 18.0. The lowest BCUT2D eigenvalue weighted by molar-refractivity contribution is -0.194. The summed E-state index contributed by atoms with van der Waals surface area (Å²) in [5, 5.41) is 3.86. The Labute approximate surface area is 279 Å². The van der Waals surface area contributed by atoms with Crippen molar-refractivity contribution < 1.29 is 17.9 Å². The molecule has 8 aliphatic rings. The number of nitrogens with zero attached hydrogens (tertiary/aromatic N) is 2. The molecule has 0 radical (unpaired) electrons. The van der Waals surface area contributed by atoms with Gasteiger partial charge in [-0.15, -0.1) is 0 Å². The summed E-state index contributed by atoms with van der Waals surface area (Å²) in [6.45, 7) is 9.61. The van der Waals surface area contributed by atoms with Crippen LogP contribution in [0.3, 0.4) is 0 Å². The highest BCUT2D eigenvalue weighted by molar-refractivity contribution is 7.97. The van der Waals surface area contributed by atoms with E-state index in [1.54, 1.807) is 17.7 Å². The van der Waals surface area contributed by atoms with Gasteiger partial charge in [-0.2, -0.15) is 0 Å². The van der Waals surface area contributed by atoms with Crippen molar-refractivity contribution in [3.05, 3.63) is 53.1 Å². The van der Waals surface area contributed by atoms with Crippen LogP contribution >= 0.6 is 0 Å². The Balaban J connectivity index is 1.00. The Bertz CT molecular complexity index is 1730. The van der Waals surface area contributed by atoms with E-state index in [0.29, 0.717) is 28.8 Å². The molecular formula is C38H50N4O4S. The average molecular weight is 659 g/mol. The Hall–Kier alpha value is -2.46. The number of fused-ring (bicyclic) bond motifs is 1. The zero-order valence-electron chi connectivity index (χ0n) is 28.1. The fourth-order valence-corrected chi connectivity index (χ4v) is 14.2. The predicted octanol–water partition coefficient (Wildman–Crippen LogP) is 5.07. The van der Waals surface area contributed by atoms with Crippen LogP contribution in [0.25, 0.3) is 0 Å². The van der Waals surface area contributed by atoms with E-state index >= 15 is 0 Å². The van der Waals surface area contributed by atoms with Gasteiger partial charge in [0.15, 0.2) is 0 Å². The van der Waals surface area contributed by atoms with Gasteiger partial charge < -0.3 is 20.7 Å². The molecule has 2 aromatic rings. The van der Waals surface area contributed by atoms with Gasteiger partial charge in [0, 0.05) is 63.3 Å². The molecule has 3 aliphatic heterocycles. The summed E-state index contributed by atoms with van der Waals surface area (Å²) in [7, 11) is -1.52. The van der Waals surface area contributed by atoms with Gasteiger partial charge in [-0.05, 0) is 97.8 Å². The maximum Gasteiger partial charge on any atom is 0.250 e. The fourth-order valence-electron chi connectivity index (χ4n) is 12.5. The lowest BCUT2D eigenvalue weighted by Crippen LogP contribution is -2.71. The molecule has 8 nitrogen and oxygen atoms in total. The van der Waals surface area contributed by atoms with E-state index in [0.717, 1.165) is 63.1 Å². The number of hydrogen-bond donors (Lipinski definition) is 2. The molecule has 2 saturated heterocycles. The van der Waals surface area contributed by atoms with E-state index in [2.05, 4.69) is 53.2 Å². The van der Waals surface area contributed by atoms with Crippen molar-refractivity contribution in [1.82, 2.24) is 10.2 Å². The van der Waals surface area contributed by atoms with E-state index in [-0.39, 0.29) is 26.9 Å². The summed E-state index contributed by atoms with van der Waals surface area (Å²) in [4.78, 5) is 17.4. The minimum atomic E-state index is -3.50. The van der Waals surface area contributed by atoms with Gasteiger partial charge in [-0.25, -0.2) is 8.42 Å². The van der Waals surface area contributed by atoms with Crippen LogP contribution in [-0.2, 0) is 14.6 Å². The lowest BCUT2D eigenvalue weighted by atomic mass is 9.43. The molecule has 3 N–H and O–H groups in total. The van der Waals surface area contributed by atoms with Crippen LogP contribution in [0, 0.1) is 22.7 Å². The largest absolute Gasteiger partial charge is 0.378 e. The second-order valence-corrected chi connectivity index (χ2v) is 18.9. The number of carbonyl (C=O) groups excluding carboxylic acids is 1. The third-order valence-electron chi connectivity index (χ3n) is 13.9. The highest BCUT2D eigenvalue weighted by Crippen LogP contribution is 2.68. The van der Waals surface area contributed by atoms with Crippen LogP contribution in [0.15, 0.2) is 46.2 Å². The van der Waals surface area contributed by atoms with Gasteiger partial charge in [0.1, 0.15) is 9.79 Å². The van der Waals surface area contributed by atoms with E-state index in [1.165, 1.54) is 44.1 Å². The topological polar surface area (TPSA) is 105 Å². The summed E-state index contributed by atoms with van der Waals surface area (Å²) < 4.78 is 31.9. The molecule has 4 bridgehead atoms. The number of primary amides is 1. The quantitative estimate of drug-likeness (QED) is 0.326. The number of sulfone groups is 1. The number of carbonyl (C=O) groups is 1. The molecule has 5 aliphatic carbocycles. The number of methoxy groups -OCH3 is 1. The third kappa shape index (κ3) is 4.48. The van der Waals surface area contributed by atoms with Gasteiger partial charge >= 0.3 is 0 Å². The average Bonchev–Trinajstić information content (AvgIpc) is 3.57. The first-order valence-corrected chi connectivity index (χ1v) is 19.5. The summed E-state index contributed by atoms with van der Waals surface area (Å²) in [5.74, 6) is 1.81. The first-order chi connectivity index (χ1) is 22.5. The summed E-state index contributed by atoms with van der Waals surface area (Å²) >= 11 is 0. The molecule has 252 valence electrons. The van der Waals surface area contributed by atoms with Crippen molar-refractivity contribution in [2.75, 3.05) is 44.7 Å². The van der Waals surface area contributed by atoms with Crippen molar-refractivity contribution in [3.8, 4) is 0 Å². The number of rotatable bonds is 8. The van der Waals surface area contributed by atoms with Crippen LogP contribution < -0.4 is 16.0 Å². The van der Waals surface area contributed by atoms with E-state index < -0.39 is 15.7 Å². The van der Waals surface area contributed by atoms with Crippen molar-refractivity contribution in [2.24, 2.45) is 28.4 Å². The molecule has 0 aromatic heterocycles. The van der Waals surface area contributed by atoms with Gasteiger partial charge in [-0.3, -0.25) is 9.69 Å². The molecule has 47 heavy (non-hydrogen) atoms. The van der Waals surface area contributed by atoms with Gasteiger partial charge in [0.05, 0.1) is 16.9 Å². The first kappa shape index (κ1) is 30.6. The maximum absolute atomic E-state index is 12.7. The molecular weight excluding hydrogens is 609 g/mol. The number of benzene rings is 2. The number of nitrogens with one attached hydrogen (secondary N) is 1. The Morgan fingerprint density at radius 1 is 0.979 bits per heavy atom. The molecule has 2 aromatic carbocycles. The Kier molecular flexibility index (Phi) is 6.69. The number of anilines is 1. The monoisotopic (exact) mass is 658 g/mol. The van der Waals surface area contributed by atoms with Gasteiger partial charge in [-0.1, -0.05) is 38.1 Å². The van der Waals surface area contributed by atoms with Gasteiger partial charge in [0.25, 0.3) is 0 Å². The fraction of sp³-hybridized carbons (Fsp3) is 0.658. The molecule has 9 heteroatoms. The van der Waals surface area contributed by atoms with E-state index in [9.17, 15) is 13.2 Å². The van der Waals surface area contributed by atoms with Crippen LogP contribution in [-0.4, -0.2) is 76.7 Å². The highest BCUT2D eigenvalue weighted by atomic mass is 32.2. The number of amides is 1. The lowest BCUT2D eigenvalue weighted by Gasteiger charge is -2.67. The summed E-state index contributed by atoms with van der Waals surface area (Å²) in [6.07, 6.45) is 10.0. The molecule has 7 fully saturated rings. The molecule has 10 rings (SSSR count). The summed E-state index contributed by atoms with van der Waals surface area (Å²) in [5.41, 5.74) is 9.97. The number of hydrogen-bond acceptors (Lipinski definition) is 7. The Morgan fingerprint density at radius 2 is 1.68 bits per heavy atom. The molecule has 4 unspecified atom stereocenters. The van der Waals surface area contributed by atoms with Crippen LogP contribution in [0.1, 0.15) is 98.5 Å². The number of ether oxygens (including phenoxy) is 1. The standard InChI is InChI=1S/C38H50N4O4S/c1-23(2)27-6-4-5-7-28(27)32(37-13-24-12-25(14-37)16-38(15-24,20-37)46-3)31-19-40-10-11-42(31)26-17-36(18-26)21-41(22-36)30-9-8-29(35(39)43)33-34(30)47(33,44)45/h4-9,23-26,31-32,40H,10-22H2,1-3H3,(H2,39,43). The van der Waals surface area contributed by atoms with Crippen LogP contribution in [0.4, 0.5) is 5.69 Å². The van der Waals surface area contributed by atoms with Gasteiger partial charge in [0.2, 0.25) is 15.7 Å². The van der Waals surface area contributed by atoms with Crippen molar-refractivity contribution in [2.45, 2.75) is 105 Å². The zero-order valence-corrected chi connectivity index (χ0v) is 29.0. The zero-order chi connectivity index (χ0) is 32.5. The van der Waals surface area contributed by atoms with Crippen molar-refractivity contribution in [3.63, 3.8) is 0 Å². The predicted molar refractivity (Wildman–Crippen MR) is 182 cm³/mol. The van der Waals surface area contributed by atoms with Crippen LogP contribution in [0.2, 0.25) is 0 Å². The molecule has 1 spiro atoms. The molecule has 3 heterocycles. The minimum Gasteiger partial charge on any atom is -0.378 e. The normalized spacial score (nSPS) is 35.4.